The average molecular weight is 1080 g/mol. The molecule has 0 spiro atoms. The highest BCUT2D eigenvalue weighted by Crippen LogP contribution is 2.70. The van der Waals surface area contributed by atoms with Gasteiger partial charge in [0.05, 0.1) is 18.3 Å². The third-order valence-corrected chi connectivity index (χ3v) is 26.9. The van der Waals surface area contributed by atoms with E-state index in [1.54, 1.807) is 14.7 Å². The summed E-state index contributed by atoms with van der Waals surface area (Å²) in [6.07, 6.45) is 22.0. The molecule has 12 rings (SSSR count). The van der Waals surface area contributed by atoms with Crippen molar-refractivity contribution in [3.05, 3.63) is 11.6 Å². The number of allylic oxidation sites excluding steroid dienone is 1. The molecule has 0 heterocycles. The molecule has 23 atom stereocenters. The van der Waals surface area contributed by atoms with Gasteiger partial charge in [-0.3, -0.25) is 28.8 Å². The number of amides is 3. The lowest BCUT2D eigenvalue weighted by Crippen LogP contribution is -2.59. The van der Waals surface area contributed by atoms with Crippen molar-refractivity contribution in [2.24, 2.45) is 115 Å². The van der Waals surface area contributed by atoms with Gasteiger partial charge in [-0.2, -0.15) is 0 Å². The number of hydrogen-bond donors (Lipinski definition) is 3. The van der Waals surface area contributed by atoms with Gasteiger partial charge < -0.3 is 30.0 Å². The maximum atomic E-state index is 12.8. The molecule has 3 N–H and O–H groups in total. The van der Waals surface area contributed by atoms with E-state index in [9.17, 15) is 44.1 Å². The summed E-state index contributed by atoms with van der Waals surface area (Å²) in [6, 6.07) is 0. The fourth-order valence-electron chi connectivity index (χ4n) is 23.2. The topological polar surface area (TPSA) is 173 Å². The monoisotopic (exact) mass is 1080 g/mol. The highest BCUT2D eigenvalue weighted by atomic mass is 16.3. The Bertz CT molecular complexity index is 2310. The molecular formula is C66H103N3O9. The van der Waals surface area contributed by atoms with Crippen LogP contribution in [0, 0.1) is 115 Å². The highest BCUT2D eigenvalue weighted by Gasteiger charge is 2.67. The Morgan fingerprint density at radius 1 is 0.436 bits per heavy atom. The van der Waals surface area contributed by atoms with Crippen molar-refractivity contribution < 1.29 is 44.1 Å². The van der Waals surface area contributed by atoms with E-state index in [-0.39, 0.29) is 98.0 Å². The molecule has 3 amide bonds. The summed E-state index contributed by atoms with van der Waals surface area (Å²) in [5.74, 6) is 6.78. The molecule has 0 aromatic carbocycles. The van der Waals surface area contributed by atoms with Gasteiger partial charge in [-0.15, -0.1) is 0 Å². The van der Waals surface area contributed by atoms with Crippen molar-refractivity contribution in [3.8, 4) is 0 Å². The third kappa shape index (κ3) is 9.10. The fraction of sp³-hybridized carbons (Fsp3) is 0.879. The summed E-state index contributed by atoms with van der Waals surface area (Å²) in [5.41, 5.74) is 1.19. The van der Waals surface area contributed by atoms with Crippen LogP contribution in [-0.4, -0.2) is 126 Å². The molecule has 12 heteroatoms. The zero-order valence-electron chi connectivity index (χ0n) is 50.3. The van der Waals surface area contributed by atoms with Crippen molar-refractivity contribution in [3.63, 3.8) is 0 Å². The summed E-state index contributed by atoms with van der Waals surface area (Å²) in [6.45, 7) is 13.8. The Morgan fingerprint density at radius 2 is 0.795 bits per heavy atom. The van der Waals surface area contributed by atoms with Crippen molar-refractivity contribution in [2.45, 2.75) is 208 Å². The summed E-state index contributed by atoms with van der Waals surface area (Å²) in [7, 11) is 11.1. The van der Waals surface area contributed by atoms with Crippen molar-refractivity contribution in [1.29, 1.82) is 0 Å². The average Bonchev–Trinajstić information content (AvgIpc) is 4.20. The lowest BCUT2D eigenvalue weighted by molar-refractivity contribution is -0.176. The standard InChI is InChI=1S/2C22H35NO3.C22H33NO3/c3*1-21-10-9-14(24)11-13(21)5-6-15-16-7-8-17(20(26)23(3)4)22(16,2)12-18(25)19(15)21/h2*13,15-19,25H,5-12H2,1-4H3;11,15-19,25H,5-10,12H2,1-4H3/t2*13?,15-,16-,17+,18-,19+,21-,22-;15-,16-,17+,18-,19+,21-,22-/m000/s1. The first-order valence-corrected chi connectivity index (χ1v) is 31.5. The van der Waals surface area contributed by atoms with Crippen molar-refractivity contribution in [2.75, 3.05) is 42.3 Å². The minimum Gasteiger partial charge on any atom is -0.393 e. The maximum absolute atomic E-state index is 12.8. The number of Topliss-reactive ketones (excluding diaryl/α,β-unsaturated/α-hetero) is 2. The Balaban J connectivity index is 0.000000132. The number of carbonyl (C=O) groups is 6. The Morgan fingerprint density at radius 3 is 1.17 bits per heavy atom. The van der Waals surface area contributed by atoms with E-state index in [4.69, 9.17) is 0 Å². The molecule has 0 aromatic rings. The van der Waals surface area contributed by atoms with Crippen molar-refractivity contribution in [1.82, 2.24) is 14.7 Å². The number of aliphatic hydroxyl groups excluding tert-OH is 3. The van der Waals surface area contributed by atoms with E-state index in [2.05, 4.69) is 41.5 Å². The minimum atomic E-state index is -0.376. The molecule has 2 unspecified atom stereocenters. The van der Waals surface area contributed by atoms with Gasteiger partial charge in [-0.05, 0) is 219 Å². The van der Waals surface area contributed by atoms with Gasteiger partial charge in [0.15, 0.2) is 5.78 Å². The predicted molar refractivity (Wildman–Crippen MR) is 301 cm³/mol. The highest BCUT2D eigenvalue weighted by molar-refractivity contribution is 5.91. The van der Waals surface area contributed by atoms with Gasteiger partial charge in [0.2, 0.25) is 17.7 Å². The first kappa shape index (κ1) is 58.2. The molecule has 436 valence electrons. The van der Waals surface area contributed by atoms with Crippen LogP contribution in [0.3, 0.4) is 0 Å². The van der Waals surface area contributed by atoms with E-state index < -0.39 is 0 Å². The molecule has 12 aliphatic carbocycles. The fourth-order valence-corrected chi connectivity index (χ4v) is 23.2. The molecular weight excluding hydrogens is 979 g/mol. The van der Waals surface area contributed by atoms with Gasteiger partial charge in [-0.25, -0.2) is 0 Å². The molecule has 0 saturated heterocycles. The summed E-state index contributed by atoms with van der Waals surface area (Å²) >= 11 is 0. The van der Waals surface area contributed by atoms with Crippen molar-refractivity contribution >= 4 is 35.1 Å². The molecule has 0 bridgehead atoms. The Hall–Kier alpha value is -2.96. The lowest BCUT2D eigenvalue weighted by atomic mass is 9.44. The van der Waals surface area contributed by atoms with Gasteiger partial charge in [0.25, 0.3) is 0 Å². The molecule has 0 aliphatic heterocycles. The normalized spacial score (nSPS) is 49.6. The summed E-state index contributed by atoms with van der Waals surface area (Å²) < 4.78 is 0. The van der Waals surface area contributed by atoms with Crippen LogP contribution in [0.1, 0.15) is 189 Å². The van der Waals surface area contributed by atoms with Crippen LogP contribution in [0.25, 0.3) is 0 Å². The molecule has 0 aromatic heterocycles. The van der Waals surface area contributed by atoms with Crippen LogP contribution in [0.5, 0.6) is 0 Å². The first-order valence-electron chi connectivity index (χ1n) is 31.5. The lowest BCUT2D eigenvalue weighted by Gasteiger charge is -2.61. The molecule has 78 heavy (non-hydrogen) atoms. The van der Waals surface area contributed by atoms with E-state index >= 15 is 0 Å². The molecule has 11 fully saturated rings. The third-order valence-electron chi connectivity index (χ3n) is 26.9. The van der Waals surface area contributed by atoms with Crippen LogP contribution in [0.15, 0.2) is 11.6 Å². The second-order valence-corrected chi connectivity index (χ2v) is 30.9. The largest absolute Gasteiger partial charge is 0.393 e. The number of fused-ring (bicyclic) bond motifs is 15. The number of hydrogen-bond acceptors (Lipinski definition) is 9. The number of rotatable bonds is 3. The number of nitrogens with zero attached hydrogens (tertiary/aromatic N) is 3. The zero-order valence-corrected chi connectivity index (χ0v) is 50.3. The van der Waals surface area contributed by atoms with E-state index in [1.807, 2.05) is 48.4 Å². The predicted octanol–water partition coefficient (Wildman–Crippen LogP) is 9.74. The van der Waals surface area contributed by atoms with E-state index in [0.29, 0.717) is 90.0 Å². The van der Waals surface area contributed by atoms with Gasteiger partial charge in [0.1, 0.15) is 11.6 Å². The maximum Gasteiger partial charge on any atom is 0.225 e. The van der Waals surface area contributed by atoms with Crippen LogP contribution in [0.4, 0.5) is 0 Å². The van der Waals surface area contributed by atoms with Crippen LogP contribution in [-0.2, 0) is 28.8 Å². The molecule has 12 aliphatic rings. The van der Waals surface area contributed by atoms with E-state index in [1.165, 1.54) is 5.57 Å². The number of aliphatic hydroxyl groups is 3. The smallest absolute Gasteiger partial charge is 0.225 e. The van der Waals surface area contributed by atoms with Crippen LogP contribution >= 0.6 is 0 Å². The Labute approximate surface area is 468 Å². The second kappa shape index (κ2) is 20.7. The quantitative estimate of drug-likeness (QED) is 0.249. The van der Waals surface area contributed by atoms with Gasteiger partial charge in [-0.1, -0.05) is 47.1 Å². The first-order chi connectivity index (χ1) is 36.5. The zero-order chi connectivity index (χ0) is 56.6. The number of ketones is 3. The minimum absolute atomic E-state index is 0.0378. The SMILES string of the molecule is CN(C)C(=O)[C@H]1CC[C@H]2[C@@H]3CCC4=CC(=O)CC[C@]4(C)[C@H]3[C@@H](O)C[C@]12C.CN(C)C(=O)[C@H]1CC[C@H]2[C@@H]3CCC4CC(=O)CC[C@]4(C)[C@H]3[C@@H](O)C[C@]12C.CN(C)C(=O)[C@H]1CC[C@H]2[C@@H]3CCC4CC(=O)CC[C@]4(C)[C@H]3[C@@H](O)C[C@]12C. The molecule has 11 saturated carbocycles. The van der Waals surface area contributed by atoms with Gasteiger partial charge >= 0.3 is 0 Å². The summed E-state index contributed by atoms with van der Waals surface area (Å²) in [4.78, 5) is 79.6. The van der Waals surface area contributed by atoms with Crippen LogP contribution < -0.4 is 0 Å². The van der Waals surface area contributed by atoms with Gasteiger partial charge in [0, 0.05) is 92.1 Å². The molecule has 12 nitrogen and oxygen atoms in total. The Kier molecular flexibility index (Phi) is 15.5. The number of carbonyl (C=O) groups excluding carboxylic acids is 6. The van der Waals surface area contributed by atoms with Crippen LogP contribution in [0.2, 0.25) is 0 Å². The van der Waals surface area contributed by atoms with E-state index in [0.717, 1.165) is 128 Å². The molecule has 0 radical (unpaired) electrons. The second-order valence-electron chi connectivity index (χ2n) is 30.9. The summed E-state index contributed by atoms with van der Waals surface area (Å²) in [5, 5.41) is 33.9.